The summed E-state index contributed by atoms with van der Waals surface area (Å²) in [6.45, 7) is 2.45. The number of benzene rings is 5. The smallest absolute Gasteiger partial charge is 0.252 e. The van der Waals surface area contributed by atoms with E-state index in [0.717, 1.165) is 0 Å². The Hall–Kier alpha value is -3.72. The van der Waals surface area contributed by atoms with Crippen LogP contribution in [-0.2, 0) is 0 Å². The van der Waals surface area contributed by atoms with Gasteiger partial charge in [-0.3, -0.25) is 0 Å². The summed E-state index contributed by atoms with van der Waals surface area (Å²) in [7, 11) is 4.42. The van der Waals surface area contributed by atoms with E-state index in [4.69, 9.17) is 0 Å². The Balaban J connectivity index is 1.62. The molecule has 2 aliphatic heterocycles. The predicted octanol–water partition coefficient (Wildman–Crippen LogP) is 4.98. The third-order valence-corrected chi connectivity index (χ3v) is 7.56. The molecule has 0 aliphatic carbocycles. The Morgan fingerprint density at radius 1 is 0.562 bits per heavy atom. The van der Waals surface area contributed by atoms with Crippen molar-refractivity contribution in [2.24, 2.45) is 0 Å². The molecule has 0 saturated carbocycles. The highest BCUT2D eigenvalue weighted by molar-refractivity contribution is 7.00. The molecule has 7 rings (SSSR count). The van der Waals surface area contributed by atoms with Gasteiger partial charge in [0.05, 0.1) is 0 Å². The summed E-state index contributed by atoms with van der Waals surface area (Å²) in [5, 5.41) is 5.25. The van der Waals surface area contributed by atoms with Crippen LogP contribution in [0.4, 0.5) is 22.7 Å². The van der Waals surface area contributed by atoms with E-state index in [1.807, 2.05) is 0 Å². The lowest BCUT2D eigenvalue weighted by atomic mass is 9.33. The molecule has 0 fully saturated rings. The molecule has 0 saturated heterocycles. The molecule has 2 heterocycles. The zero-order valence-electron chi connectivity index (χ0n) is 18.6. The number of nitrogens with zero attached hydrogens (tertiary/aromatic N) is 2. The summed E-state index contributed by atoms with van der Waals surface area (Å²) >= 11 is 0. The van der Waals surface area contributed by atoms with Gasteiger partial charge in [0, 0.05) is 36.8 Å². The first-order valence-corrected chi connectivity index (χ1v) is 11.3. The molecule has 0 bridgehead atoms. The van der Waals surface area contributed by atoms with E-state index in [9.17, 15) is 0 Å². The van der Waals surface area contributed by atoms with Crippen molar-refractivity contribution in [2.75, 3.05) is 23.9 Å². The van der Waals surface area contributed by atoms with Crippen LogP contribution >= 0.6 is 0 Å². The van der Waals surface area contributed by atoms with E-state index < -0.39 is 0 Å². The van der Waals surface area contributed by atoms with Crippen molar-refractivity contribution >= 4 is 67.4 Å². The minimum absolute atomic E-state index is 0.229. The van der Waals surface area contributed by atoms with E-state index >= 15 is 0 Å². The summed E-state index contributed by atoms with van der Waals surface area (Å²) in [4.78, 5) is 4.76. The van der Waals surface area contributed by atoms with Gasteiger partial charge in [-0.25, -0.2) is 0 Å². The van der Waals surface area contributed by atoms with Crippen LogP contribution in [0.15, 0.2) is 84.9 Å². The van der Waals surface area contributed by atoms with E-state index in [1.54, 1.807) is 0 Å². The molecule has 0 amide bonds. The van der Waals surface area contributed by atoms with Crippen molar-refractivity contribution in [1.82, 2.24) is 0 Å². The lowest BCUT2D eigenvalue weighted by Gasteiger charge is -2.42. The van der Waals surface area contributed by atoms with E-state index in [-0.39, 0.29) is 6.71 Å². The van der Waals surface area contributed by atoms with Gasteiger partial charge in [0.1, 0.15) is 0 Å². The van der Waals surface area contributed by atoms with Gasteiger partial charge in [-0.05, 0) is 74.7 Å². The Kier molecular flexibility index (Phi) is 3.45. The van der Waals surface area contributed by atoms with Gasteiger partial charge in [-0.2, -0.15) is 0 Å². The van der Waals surface area contributed by atoms with Crippen molar-refractivity contribution in [2.45, 2.75) is 6.92 Å². The summed E-state index contributed by atoms with van der Waals surface area (Å²) in [5.41, 5.74) is 10.8. The maximum atomic E-state index is 2.45. The molecule has 2 nitrogen and oxygen atoms in total. The van der Waals surface area contributed by atoms with Crippen LogP contribution in [0, 0.1) is 6.92 Å². The highest BCUT2D eigenvalue weighted by Gasteiger charge is 2.41. The van der Waals surface area contributed by atoms with Crippen LogP contribution in [0.25, 0.3) is 21.5 Å². The molecule has 32 heavy (non-hydrogen) atoms. The van der Waals surface area contributed by atoms with Crippen LogP contribution in [0.5, 0.6) is 0 Å². The van der Waals surface area contributed by atoms with E-state index in [1.165, 1.54) is 66.2 Å². The fourth-order valence-corrected chi connectivity index (χ4v) is 5.94. The van der Waals surface area contributed by atoms with Gasteiger partial charge in [0.25, 0.3) is 6.71 Å². The lowest BCUT2D eigenvalue weighted by Crippen LogP contribution is -2.61. The maximum absolute atomic E-state index is 2.45. The molecule has 0 radical (unpaired) electrons. The normalized spacial score (nSPS) is 13.9. The molecule has 3 heteroatoms. The topological polar surface area (TPSA) is 6.48 Å². The second-order valence-corrected chi connectivity index (χ2v) is 9.23. The third kappa shape index (κ3) is 2.21. The Morgan fingerprint density at radius 2 is 1.12 bits per heavy atom. The zero-order chi connectivity index (χ0) is 21.6. The van der Waals surface area contributed by atoms with Gasteiger partial charge < -0.3 is 9.80 Å². The van der Waals surface area contributed by atoms with Crippen LogP contribution in [0.1, 0.15) is 5.56 Å². The van der Waals surface area contributed by atoms with Gasteiger partial charge in [0.2, 0.25) is 0 Å². The summed E-state index contributed by atoms with van der Waals surface area (Å²) in [6.07, 6.45) is 0. The largest absolute Gasteiger partial charge is 0.345 e. The summed E-state index contributed by atoms with van der Waals surface area (Å²) in [5.74, 6) is 0. The monoisotopic (exact) mass is 410 g/mol. The minimum Gasteiger partial charge on any atom is -0.345 e. The molecule has 0 N–H and O–H groups in total. The quantitative estimate of drug-likeness (QED) is 0.332. The van der Waals surface area contributed by atoms with Crippen LogP contribution in [0.3, 0.4) is 0 Å². The molecule has 0 aromatic heterocycles. The SMILES string of the molecule is Cc1cccc2cc3c(cc12)B1c2cc4ccccc4cc2N(C)c2cccc(c21)N3C. The third-order valence-electron chi connectivity index (χ3n) is 7.56. The second-order valence-electron chi connectivity index (χ2n) is 9.23. The standard InChI is InChI=1S/C29H23BN2/c1-18-8-6-11-21-16-28-24(17-22(18)21)30-23-14-19-9-4-5-10-20(19)15-27(23)31(2)25-12-7-13-26(29(25)30)32(28)3/h4-17H,1-3H3. The average molecular weight is 410 g/mol. The fourth-order valence-electron chi connectivity index (χ4n) is 5.94. The second kappa shape index (κ2) is 6.17. The van der Waals surface area contributed by atoms with Crippen molar-refractivity contribution in [1.29, 1.82) is 0 Å². The molecular weight excluding hydrogens is 387 g/mol. The van der Waals surface area contributed by atoms with Gasteiger partial charge in [-0.15, -0.1) is 0 Å². The number of aryl methyl sites for hydroxylation is 1. The molecule has 152 valence electrons. The van der Waals surface area contributed by atoms with Gasteiger partial charge >= 0.3 is 0 Å². The number of anilines is 4. The highest BCUT2D eigenvalue weighted by Crippen LogP contribution is 2.38. The fraction of sp³-hybridized carbons (Fsp3) is 0.103. The van der Waals surface area contributed by atoms with Crippen molar-refractivity contribution < 1.29 is 0 Å². The summed E-state index contributed by atoms with van der Waals surface area (Å²) in [6, 6.07) is 31.7. The van der Waals surface area contributed by atoms with Gasteiger partial charge in [0.15, 0.2) is 0 Å². The Morgan fingerprint density at radius 3 is 1.84 bits per heavy atom. The molecule has 5 aromatic carbocycles. The first-order chi connectivity index (χ1) is 15.6. The van der Waals surface area contributed by atoms with Crippen molar-refractivity contribution in [3.63, 3.8) is 0 Å². The Labute approximate surface area is 188 Å². The number of fused-ring (bicyclic) bond motifs is 6. The van der Waals surface area contributed by atoms with Crippen LogP contribution in [0.2, 0.25) is 0 Å². The van der Waals surface area contributed by atoms with E-state index in [2.05, 4.69) is 116 Å². The maximum Gasteiger partial charge on any atom is 0.252 e. The lowest BCUT2D eigenvalue weighted by molar-refractivity contribution is 1.18. The minimum atomic E-state index is 0.229. The molecular formula is C29H23BN2. The average Bonchev–Trinajstić information content (AvgIpc) is 2.82. The molecule has 0 unspecified atom stereocenters. The first-order valence-electron chi connectivity index (χ1n) is 11.3. The highest BCUT2D eigenvalue weighted by atomic mass is 15.1. The zero-order valence-corrected chi connectivity index (χ0v) is 18.6. The molecule has 0 spiro atoms. The molecule has 0 atom stereocenters. The van der Waals surface area contributed by atoms with Crippen LogP contribution < -0.4 is 26.2 Å². The van der Waals surface area contributed by atoms with Gasteiger partial charge in [-0.1, -0.05) is 60.7 Å². The predicted molar refractivity (Wildman–Crippen MR) is 140 cm³/mol. The van der Waals surface area contributed by atoms with Crippen molar-refractivity contribution in [3.8, 4) is 0 Å². The number of hydrogen-bond acceptors (Lipinski definition) is 2. The van der Waals surface area contributed by atoms with E-state index in [0.29, 0.717) is 0 Å². The molecule has 2 aliphatic rings. The summed E-state index contributed by atoms with van der Waals surface area (Å²) < 4.78 is 0. The van der Waals surface area contributed by atoms with Crippen LogP contribution in [-0.4, -0.2) is 20.8 Å². The van der Waals surface area contributed by atoms with Crippen molar-refractivity contribution in [3.05, 3.63) is 90.5 Å². The number of hydrogen-bond donors (Lipinski definition) is 0. The molecule has 5 aromatic rings. The number of rotatable bonds is 0. The Bertz CT molecular complexity index is 1570. The first kappa shape index (κ1) is 17.9.